The van der Waals surface area contributed by atoms with Crippen molar-refractivity contribution in [2.24, 2.45) is 0 Å². The quantitative estimate of drug-likeness (QED) is 0.542. The van der Waals surface area contributed by atoms with Crippen LogP contribution in [0, 0.1) is 0 Å². The van der Waals surface area contributed by atoms with E-state index in [9.17, 15) is 13.2 Å². The van der Waals surface area contributed by atoms with Gasteiger partial charge in [-0.3, -0.25) is 4.79 Å². The molecule has 0 radical (unpaired) electrons. The second-order valence-corrected chi connectivity index (χ2v) is 11.9. The van der Waals surface area contributed by atoms with Crippen LogP contribution in [0.1, 0.15) is 40.0 Å². The molecule has 0 saturated carbocycles. The van der Waals surface area contributed by atoms with Crippen LogP contribution in [0.3, 0.4) is 0 Å². The summed E-state index contributed by atoms with van der Waals surface area (Å²) in [6.07, 6.45) is 1.61. The lowest BCUT2D eigenvalue weighted by molar-refractivity contribution is -0.116. The van der Waals surface area contributed by atoms with Gasteiger partial charge in [-0.2, -0.15) is 0 Å². The first-order chi connectivity index (χ1) is 15.7. The largest absolute Gasteiger partial charge is 0.368 e. The Hall–Kier alpha value is -2.58. The Morgan fingerprint density at radius 1 is 0.848 bits per heavy atom. The van der Waals surface area contributed by atoms with Crippen LogP contribution in [-0.4, -0.2) is 51.8 Å². The summed E-state index contributed by atoms with van der Waals surface area (Å²) in [5.41, 5.74) is 3.20. The summed E-state index contributed by atoms with van der Waals surface area (Å²) < 4.78 is 25.8. The summed E-state index contributed by atoms with van der Waals surface area (Å²) in [6, 6.07) is 18.5. The number of nitrogens with one attached hydrogen (secondary N) is 2. The van der Waals surface area contributed by atoms with Crippen molar-refractivity contribution < 1.29 is 13.2 Å². The number of nitrogens with zero attached hydrogens (tertiary/aromatic N) is 2. The van der Waals surface area contributed by atoms with Gasteiger partial charge in [0.25, 0.3) is 0 Å². The topological polar surface area (TPSA) is 81.7 Å². The zero-order valence-corrected chi connectivity index (χ0v) is 20.7. The number of rotatable bonds is 9. The lowest BCUT2D eigenvalue weighted by Crippen LogP contribution is -2.46. The molecule has 1 aliphatic heterocycles. The van der Waals surface area contributed by atoms with E-state index >= 15 is 0 Å². The summed E-state index contributed by atoms with van der Waals surface area (Å²) in [5.74, 6) is -0.0575. The Balaban J connectivity index is 1.38. The predicted octanol–water partition coefficient (Wildman–Crippen LogP) is 3.84. The van der Waals surface area contributed by atoms with Crippen molar-refractivity contribution in [2.75, 3.05) is 47.8 Å². The molecule has 1 amide bonds. The number of carbonyl (C=O) groups excluding carboxylic acids is 1. The third-order valence-electron chi connectivity index (χ3n) is 5.85. The first-order valence-electron chi connectivity index (χ1n) is 11.6. The van der Waals surface area contributed by atoms with Crippen molar-refractivity contribution in [1.29, 1.82) is 0 Å². The normalized spacial score (nSPS) is 14.9. The van der Waals surface area contributed by atoms with Gasteiger partial charge in [0.2, 0.25) is 15.9 Å². The SMILES string of the molecule is CC(C)(C)S(=O)(=O)NCCCCC(=O)Nc1ccc(N2CCN(c3ccccc3)CC2)cc1. The van der Waals surface area contributed by atoms with Crippen LogP contribution in [-0.2, 0) is 14.8 Å². The maximum Gasteiger partial charge on any atom is 0.224 e. The molecule has 2 aromatic rings. The van der Waals surface area contributed by atoms with Gasteiger partial charge in [-0.1, -0.05) is 18.2 Å². The minimum Gasteiger partial charge on any atom is -0.368 e. The van der Waals surface area contributed by atoms with Crippen molar-refractivity contribution >= 4 is 33.0 Å². The number of benzene rings is 2. The molecule has 2 aromatic carbocycles. The number of anilines is 3. The Morgan fingerprint density at radius 3 is 1.94 bits per heavy atom. The molecule has 8 heteroatoms. The third-order valence-corrected chi connectivity index (χ3v) is 8.04. The highest BCUT2D eigenvalue weighted by Crippen LogP contribution is 2.22. The molecule has 3 rings (SSSR count). The molecule has 1 heterocycles. The number of piperazine rings is 1. The van der Waals surface area contributed by atoms with E-state index in [0.29, 0.717) is 25.8 Å². The van der Waals surface area contributed by atoms with Crippen LogP contribution in [0.4, 0.5) is 17.1 Å². The van der Waals surface area contributed by atoms with Gasteiger partial charge in [0.05, 0.1) is 4.75 Å². The van der Waals surface area contributed by atoms with E-state index in [1.807, 2.05) is 18.2 Å². The molecule has 1 fully saturated rings. The minimum atomic E-state index is -3.33. The zero-order valence-electron chi connectivity index (χ0n) is 19.9. The summed E-state index contributed by atoms with van der Waals surface area (Å²) in [4.78, 5) is 17.0. The van der Waals surface area contributed by atoms with Crippen molar-refractivity contribution in [3.63, 3.8) is 0 Å². The fourth-order valence-electron chi connectivity index (χ4n) is 3.67. The van der Waals surface area contributed by atoms with Crippen molar-refractivity contribution in [1.82, 2.24) is 4.72 Å². The Morgan fingerprint density at radius 2 is 1.39 bits per heavy atom. The minimum absolute atomic E-state index is 0.0575. The molecule has 0 unspecified atom stereocenters. The van der Waals surface area contributed by atoms with E-state index in [1.165, 1.54) is 5.69 Å². The lowest BCUT2D eigenvalue weighted by Gasteiger charge is -2.37. The molecule has 1 saturated heterocycles. The second kappa shape index (κ2) is 11.0. The molecular weight excluding hydrogens is 436 g/mol. The van der Waals surface area contributed by atoms with E-state index in [1.54, 1.807) is 20.8 Å². The van der Waals surface area contributed by atoms with Crippen molar-refractivity contribution in [3.8, 4) is 0 Å². The number of unbranched alkanes of at least 4 members (excludes halogenated alkanes) is 1. The van der Waals surface area contributed by atoms with E-state index in [4.69, 9.17) is 0 Å². The van der Waals surface area contributed by atoms with E-state index in [2.05, 4.69) is 56.2 Å². The second-order valence-electron chi connectivity index (χ2n) is 9.37. The molecule has 0 aromatic heterocycles. The molecule has 0 atom stereocenters. The standard InChI is InChI=1S/C25H36N4O3S/c1-25(2,3)33(31,32)26-16-8-7-11-24(30)27-21-12-14-23(15-13-21)29-19-17-28(18-20-29)22-9-5-4-6-10-22/h4-6,9-10,12-15,26H,7-8,11,16-20H2,1-3H3,(H,27,30). The summed E-state index contributed by atoms with van der Waals surface area (Å²) in [5, 5.41) is 2.93. The Bertz CT molecular complexity index is 994. The molecule has 2 N–H and O–H groups in total. The average Bonchev–Trinajstić information content (AvgIpc) is 2.79. The van der Waals surface area contributed by atoms with Crippen molar-refractivity contribution in [3.05, 3.63) is 54.6 Å². The van der Waals surface area contributed by atoms with Crippen LogP contribution in [0.25, 0.3) is 0 Å². The fraction of sp³-hybridized carbons (Fsp3) is 0.480. The summed E-state index contributed by atoms with van der Waals surface area (Å²) >= 11 is 0. The van der Waals surface area contributed by atoms with Crippen LogP contribution in [0.15, 0.2) is 54.6 Å². The molecule has 0 aliphatic carbocycles. The van der Waals surface area contributed by atoms with Gasteiger partial charge in [0, 0.05) is 56.2 Å². The van der Waals surface area contributed by atoms with Gasteiger partial charge in [-0.25, -0.2) is 13.1 Å². The number of para-hydroxylation sites is 1. The van der Waals surface area contributed by atoms with Crippen LogP contribution in [0.2, 0.25) is 0 Å². The van der Waals surface area contributed by atoms with Crippen LogP contribution < -0.4 is 19.8 Å². The Labute approximate surface area is 198 Å². The third kappa shape index (κ3) is 7.20. The highest BCUT2D eigenvalue weighted by molar-refractivity contribution is 7.90. The number of carbonyl (C=O) groups is 1. The van der Waals surface area contributed by atoms with Gasteiger partial charge in [-0.15, -0.1) is 0 Å². The predicted molar refractivity (Wildman–Crippen MR) is 136 cm³/mol. The molecule has 7 nitrogen and oxygen atoms in total. The van der Waals surface area contributed by atoms with E-state index in [-0.39, 0.29) is 5.91 Å². The first-order valence-corrected chi connectivity index (χ1v) is 13.1. The molecule has 0 spiro atoms. The van der Waals surface area contributed by atoms with Gasteiger partial charge in [0.1, 0.15) is 0 Å². The van der Waals surface area contributed by atoms with Crippen LogP contribution >= 0.6 is 0 Å². The van der Waals surface area contributed by atoms with E-state index in [0.717, 1.165) is 37.6 Å². The molecule has 33 heavy (non-hydrogen) atoms. The smallest absolute Gasteiger partial charge is 0.224 e. The molecule has 1 aliphatic rings. The van der Waals surface area contributed by atoms with E-state index < -0.39 is 14.8 Å². The monoisotopic (exact) mass is 472 g/mol. The number of hydrogen-bond acceptors (Lipinski definition) is 5. The maximum absolute atomic E-state index is 12.2. The van der Waals surface area contributed by atoms with Crippen LogP contribution in [0.5, 0.6) is 0 Å². The molecule has 0 bridgehead atoms. The Kier molecular flexibility index (Phi) is 8.37. The summed E-state index contributed by atoms with van der Waals surface area (Å²) in [6.45, 7) is 9.22. The van der Waals surface area contributed by atoms with Crippen molar-refractivity contribution in [2.45, 2.75) is 44.8 Å². The number of amides is 1. The van der Waals surface area contributed by atoms with Gasteiger partial charge < -0.3 is 15.1 Å². The van der Waals surface area contributed by atoms with Gasteiger partial charge >= 0.3 is 0 Å². The number of hydrogen-bond donors (Lipinski definition) is 2. The van der Waals surface area contributed by atoms with Gasteiger partial charge in [0.15, 0.2) is 0 Å². The molecule has 180 valence electrons. The highest BCUT2D eigenvalue weighted by Gasteiger charge is 2.28. The highest BCUT2D eigenvalue weighted by atomic mass is 32.2. The average molecular weight is 473 g/mol. The lowest BCUT2D eigenvalue weighted by atomic mass is 10.2. The summed E-state index contributed by atoms with van der Waals surface area (Å²) in [7, 11) is -3.33. The fourth-order valence-corrected chi connectivity index (χ4v) is 4.52. The first kappa shape index (κ1) is 25.1. The number of sulfonamides is 1. The zero-order chi connectivity index (χ0) is 23.9. The maximum atomic E-state index is 12.2. The molecular formula is C25H36N4O3S. The van der Waals surface area contributed by atoms with Gasteiger partial charge in [-0.05, 0) is 70.0 Å².